The number of nitrogens with two attached hydrogens (primary N) is 1. The monoisotopic (exact) mass is 846 g/mol. The Labute approximate surface area is 360 Å². The van der Waals surface area contributed by atoms with Crippen molar-refractivity contribution < 1.29 is 24.6 Å². The van der Waals surface area contributed by atoms with Crippen molar-refractivity contribution in [1.29, 1.82) is 0 Å². The van der Waals surface area contributed by atoms with E-state index >= 15 is 0 Å². The van der Waals surface area contributed by atoms with Gasteiger partial charge in [0, 0.05) is 57.3 Å². The molecule has 3 aromatic heterocycles. The first kappa shape index (κ1) is 43.0. The number of aliphatic hydroxyl groups excluding tert-OH is 1. The number of aromatic nitrogens is 4. The number of thiazole rings is 1. The lowest BCUT2D eigenvalue weighted by Gasteiger charge is -2.37. The number of rotatable bonds is 12. The lowest BCUT2D eigenvalue weighted by Crippen LogP contribution is -2.57. The number of aliphatic hydroxyl groups is 1. The highest BCUT2D eigenvalue weighted by Gasteiger charge is 2.44. The van der Waals surface area contributed by atoms with E-state index in [1.54, 1.807) is 35.7 Å². The summed E-state index contributed by atoms with van der Waals surface area (Å²) in [6.45, 7) is 12.1. The van der Waals surface area contributed by atoms with E-state index in [2.05, 4.69) is 40.6 Å². The Balaban J connectivity index is 0.937. The van der Waals surface area contributed by atoms with E-state index < -0.39 is 29.5 Å². The summed E-state index contributed by atoms with van der Waals surface area (Å²) in [5, 5.41) is 35.4. The summed E-state index contributed by atoms with van der Waals surface area (Å²) >= 11 is 1.58. The second-order valence-corrected chi connectivity index (χ2v) is 17.8. The van der Waals surface area contributed by atoms with Crippen LogP contribution in [0.25, 0.3) is 21.7 Å². The molecular weight excluding hydrogens is 793 g/mol. The van der Waals surface area contributed by atoms with Crippen LogP contribution in [-0.2, 0) is 20.8 Å². The maximum atomic E-state index is 14.2. The van der Waals surface area contributed by atoms with E-state index in [0.717, 1.165) is 38.8 Å². The SMILES string of the molecule is Cc1ncsc1-c1ccc(C(C)NC(=O)C2CC(O)CN2C(=O)C(NC(=O)CCc2ccnc(N3CCN(c4cc(-c5ccccc5O)nnc4N)CC3)c2)C(C)(C)C)cc1. The zero-order chi connectivity index (χ0) is 43.4. The number of piperazine rings is 1. The van der Waals surface area contributed by atoms with E-state index in [4.69, 9.17) is 5.73 Å². The number of aryl methyl sites for hydroxylation is 2. The zero-order valence-corrected chi connectivity index (χ0v) is 36.0. The predicted molar refractivity (Wildman–Crippen MR) is 237 cm³/mol. The molecule has 0 radical (unpaired) electrons. The number of aromatic hydroxyl groups is 1. The van der Waals surface area contributed by atoms with E-state index in [9.17, 15) is 24.6 Å². The molecule has 5 heterocycles. The Kier molecular flexibility index (Phi) is 12.8. The Morgan fingerprint density at radius 2 is 1.67 bits per heavy atom. The van der Waals surface area contributed by atoms with Crippen molar-refractivity contribution in [2.75, 3.05) is 48.3 Å². The van der Waals surface area contributed by atoms with Gasteiger partial charge in [-0.25, -0.2) is 9.97 Å². The number of nitrogens with zero attached hydrogens (tertiary/aromatic N) is 7. The Hall–Kier alpha value is -6.13. The fourth-order valence-corrected chi connectivity index (χ4v) is 8.75. The smallest absolute Gasteiger partial charge is 0.246 e. The fourth-order valence-electron chi connectivity index (χ4n) is 7.94. The van der Waals surface area contributed by atoms with Crippen LogP contribution in [0.3, 0.4) is 0 Å². The van der Waals surface area contributed by atoms with Gasteiger partial charge in [-0.2, -0.15) is 0 Å². The van der Waals surface area contributed by atoms with Crippen LogP contribution in [0, 0.1) is 12.3 Å². The molecule has 3 amide bonds. The number of para-hydroxylation sites is 1. The molecule has 6 N–H and O–H groups in total. The number of nitrogens with one attached hydrogen (secondary N) is 2. The number of nitrogen functional groups attached to an aromatic ring is 1. The van der Waals surface area contributed by atoms with Crippen LogP contribution in [0.15, 0.2) is 78.4 Å². The molecule has 5 aromatic rings. The number of carbonyl (C=O) groups excluding carboxylic acids is 3. The standard InChI is InChI=1S/C45H54N10O5S/c1-27(30-11-13-31(14-12-30)40-28(2)48-26-61-40)49-43(59)36-23-32(56)25-55(36)44(60)41(45(3,4)5)50-39(58)15-10-29-16-17-47-38(22-29)54-20-18-53(19-21-54)35-24-34(51-52-42(35)46)33-8-6-7-9-37(33)57/h6-9,11-14,16-17,22,24,26-27,32,36,41,56-57H,10,15,18-21,23,25H2,1-5H3,(H2,46,52)(H,49,59)(H,50,58). The van der Waals surface area contributed by atoms with Crippen LogP contribution < -0.4 is 26.2 Å². The number of phenolic OH excluding ortho intramolecular Hbond substituents is 1. The molecule has 0 spiro atoms. The highest BCUT2D eigenvalue weighted by molar-refractivity contribution is 7.13. The molecule has 2 fully saturated rings. The minimum absolute atomic E-state index is 0.00316. The van der Waals surface area contributed by atoms with Gasteiger partial charge in [0.1, 0.15) is 23.7 Å². The third kappa shape index (κ3) is 9.92. The zero-order valence-electron chi connectivity index (χ0n) is 35.2. The van der Waals surface area contributed by atoms with Crippen molar-refractivity contribution in [3.63, 3.8) is 0 Å². The van der Waals surface area contributed by atoms with Crippen LogP contribution in [0.4, 0.5) is 17.3 Å². The molecule has 0 aliphatic carbocycles. The van der Waals surface area contributed by atoms with E-state index in [-0.39, 0.29) is 43.0 Å². The molecule has 2 saturated heterocycles. The summed E-state index contributed by atoms with van der Waals surface area (Å²) in [5.74, 6) is 0.177. The van der Waals surface area contributed by atoms with Gasteiger partial charge >= 0.3 is 0 Å². The molecule has 0 saturated carbocycles. The van der Waals surface area contributed by atoms with Crippen LogP contribution in [0.2, 0.25) is 0 Å². The van der Waals surface area contributed by atoms with Crippen molar-refractivity contribution in [2.24, 2.45) is 5.41 Å². The molecule has 2 aliphatic rings. The number of phenols is 1. The minimum atomic E-state index is -0.927. The number of likely N-dealkylation sites (tertiary alicyclic amines) is 1. The second-order valence-electron chi connectivity index (χ2n) is 16.9. The summed E-state index contributed by atoms with van der Waals surface area (Å²) in [5.41, 5.74) is 13.1. The number of carbonyl (C=O) groups is 3. The van der Waals surface area contributed by atoms with Gasteiger partial charge < -0.3 is 41.3 Å². The van der Waals surface area contributed by atoms with Gasteiger partial charge in [0.05, 0.1) is 39.6 Å². The molecule has 16 heteroatoms. The summed E-state index contributed by atoms with van der Waals surface area (Å²) in [4.78, 5) is 57.3. The maximum Gasteiger partial charge on any atom is 0.246 e. The van der Waals surface area contributed by atoms with Crippen molar-refractivity contribution in [1.82, 2.24) is 35.7 Å². The van der Waals surface area contributed by atoms with Crippen molar-refractivity contribution in [3.05, 3.63) is 95.3 Å². The highest BCUT2D eigenvalue weighted by atomic mass is 32.1. The average molecular weight is 847 g/mol. The summed E-state index contributed by atoms with van der Waals surface area (Å²) < 4.78 is 0. The average Bonchev–Trinajstić information content (AvgIpc) is 3.87. The molecule has 320 valence electrons. The molecule has 2 aliphatic heterocycles. The molecule has 15 nitrogen and oxygen atoms in total. The first-order chi connectivity index (χ1) is 29.2. The molecule has 61 heavy (non-hydrogen) atoms. The van der Waals surface area contributed by atoms with Gasteiger partial charge in [0.2, 0.25) is 17.7 Å². The van der Waals surface area contributed by atoms with Crippen LogP contribution >= 0.6 is 11.3 Å². The van der Waals surface area contributed by atoms with E-state index in [1.165, 1.54) is 4.90 Å². The van der Waals surface area contributed by atoms with Gasteiger partial charge in [-0.15, -0.1) is 21.5 Å². The minimum Gasteiger partial charge on any atom is -0.507 e. The largest absolute Gasteiger partial charge is 0.507 e. The Bertz CT molecular complexity index is 2360. The summed E-state index contributed by atoms with van der Waals surface area (Å²) in [6.07, 6.45) is 1.54. The summed E-state index contributed by atoms with van der Waals surface area (Å²) in [7, 11) is 0. The Morgan fingerprint density at radius 1 is 0.951 bits per heavy atom. The lowest BCUT2D eigenvalue weighted by atomic mass is 9.85. The molecule has 4 unspecified atom stereocenters. The highest BCUT2D eigenvalue weighted by Crippen LogP contribution is 2.33. The number of benzene rings is 2. The normalized spacial score (nSPS) is 17.8. The van der Waals surface area contributed by atoms with Crippen molar-refractivity contribution >= 4 is 46.4 Å². The van der Waals surface area contributed by atoms with Crippen molar-refractivity contribution in [3.8, 4) is 27.4 Å². The molecule has 7 rings (SSSR count). The predicted octanol–water partition coefficient (Wildman–Crippen LogP) is 4.89. The topological polar surface area (TPSA) is 203 Å². The van der Waals surface area contributed by atoms with Crippen LogP contribution in [0.5, 0.6) is 5.75 Å². The van der Waals surface area contributed by atoms with Crippen LogP contribution in [0.1, 0.15) is 63.4 Å². The molecule has 4 atom stereocenters. The Morgan fingerprint density at radius 3 is 2.36 bits per heavy atom. The van der Waals surface area contributed by atoms with Gasteiger partial charge in [-0.3, -0.25) is 14.4 Å². The first-order valence-electron chi connectivity index (χ1n) is 20.6. The van der Waals surface area contributed by atoms with Crippen LogP contribution in [-0.4, -0.2) is 104 Å². The number of anilines is 3. The maximum absolute atomic E-state index is 14.2. The van der Waals surface area contributed by atoms with Gasteiger partial charge in [-0.05, 0) is 72.7 Å². The number of hydrogen-bond donors (Lipinski definition) is 5. The fraction of sp³-hybridized carbons (Fsp3) is 0.400. The molecule has 0 bridgehead atoms. The first-order valence-corrected chi connectivity index (χ1v) is 21.5. The molecular formula is C45H54N10O5S. The number of pyridine rings is 1. The second kappa shape index (κ2) is 18.2. The van der Waals surface area contributed by atoms with Crippen molar-refractivity contribution in [2.45, 2.75) is 78.1 Å². The van der Waals surface area contributed by atoms with E-state index in [0.29, 0.717) is 49.7 Å². The third-order valence-corrected chi connectivity index (χ3v) is 12.4. The third-order valence-electron chi connectivity index (χ3n) is 11.4. The quantitative estimate of drug-likeness (QED) is 0.114. The lowest BCUT2D eigenvalue weighted by molar-refractivity contribution is -0.144. The van der Waals surface area contributed by atoms with Gasteiger partial charge in [0.15, 0.2) is 5.82 Å². The number of β-amino-alcohol motifs (C(OH)–C–C–N with tert-alkyl or cyclic N) is 1. The number of hydrogen-bond acceptors (Lipinski definition) is 13. The summed E-state index contributed by atoms with van der Waals surface area (Å²) in [6, 6.07) is 18.5. The van der Waals surface area contributed by atoms with E-state index in [1.807, 2.05) is 88.7 Å². The van der Waals surface area contributed by atoms with Gasteiger partial charge in [0.25, 0.3) is 0 Å². The van der Waals surface area contributed by atoms with Gasteiger partial charge in [-0.1, -0.05) is 57.2 Å². The molecule has 2 aromatic carbocycles. The number of amides is 3.